The van der Waals surface area contributed by atoms with Crippen LogP contribution in [0.2, 0.25) is 0 Å². The van der Waals surface area contributed by atoms with E-state index >= 15 is 0 Å². The number of aryl methyl sites for hydroxylation is 1. The fourth-order valence-electron chi connectivity index (χ4n) is 2.07. The molecular weight excluding hydrogens is 226 g/mol. The Balaban J connectivity index is 2.26. The molecule has 18 heavy (non-hydrogen) atoms. The van der Waals surface area contributed by atoms with Crippen LogP contribution in [-0.2, 0) is 6.54 Å². The van der Waals surface area contributed by atoms with Gasteiger partial charge in [-0.3, -0.25) is 9.25 Å². The highest BCUT2D eigenvalue weighted by Crippen LogP contribution is 2.21. The van der Waals surface area contributed by atoms with Crippen LogP contribution >= 0.6 is 0 Å². The van der Waals surface area contributed by atoms with E-state index in [0.29, 0.717) is 5.92 Å². The Morgan fingerprint density at radius 2 is 2.11 bits per heavy atom. The van der Waals surface area contributed by atoms with Crippen molar-refractivity contribution in [3.05, 3.63) is 30.6 Å². The van der Waals surface area contributed by atoms with Crippen molar-refractivity contribution in [3.63, 3.8) is 0 Å². The summed E-state index contributed by atoms with van der Waals surface area (Å²) in [5.74, 6) is 0.571. The molecule has 0 amide bonds. The molecule has 0 aliphatic carbocycles. The van der Waals surface area contributed by atoms with Gasteiger partial charge in [0.25, 0.3) is 0 Å². The molecule has 5 nitrogen and oxygen atoms in total. The fourth-order valence-corrected chi connectivity index (χ4v) is 2.07. The van der Waals surface area contributed by atoms with Crippen molar-refractivity contribution in [2.24, 2.45) is 11.7 Å². The third kappa shape index (κ3) is 2.61. The van der Waals surface area contributed by atoms with Crippen molar-refractivity contribution in [3.8, 4) is 5.69 Å². The van der Waals surface area contributed by atoms with Gasteiger partial charge in [0.05, 0.1) is 30.1 Å². The van der Waals surface area contributed by atoms with E-state index in [9.17, 15) is 0 Å². The molecule has 0 aliphatic rings. The van der Waals surface area contributed by atoms with Crippen LogP contribution in [0.25, 0.3) is 5.69 Å². The molecular formula is C13H21N5. The average Bonchev–Trinajstić information content (AvgIpc) is 2.96. The Kier molecular flexibility index (Phi) is 3.81. The number of hydrogen-bond acceptors (Lipinski definition) is 3. The first-order valence-corrected chi connectivity index (χ1v) is 6.42. The summed E-state index contributed by atoms with van der Waals surface area (Å²) in [5.41, 5.74) is 8.29. The first-order chi connectivity index (χ1) is 8.61. The van der Waals surface area contributed by atoms with Crippen molar-refractivity contribution in [1.82, 2.24) is 19.3 Å². The number of nitrogens with zero attached hydrogens (tertiary/aromatic N) is 4. The smallest absolute Gasteiger partial charge is 0.0995 e. The molecule has 0 aliphatic heterocycles. The average molecular weight is 247 g/mol. The predicted molar refractivity (Wildman–Crippen MR) is 71.4 cm³/mol. The minimum Gasteiger partial charge on any atom is -0.323 e. The second kappa shape index (κ2) is 5.35. The summed E-state index contributed by atoms with van der Waals surface area (Å²) in [7, 11) is 0. The van der Waals surface area contributed by atoms with E-state index in [1.54, 1.807) is 6.33 Å². The molecule has 98 valence electrons. The molecule has 0 aromatic carbocycles. The maximum absolute atomic E-state index is 6.23. The molecule has 0 bridgehead atoms. The Morgan fingerprint density at radius 1 is 1.33 bits per heavy atom. The van der Waals surface area contributed by atoms with Gasteiger partial charge in [-0.25, -0.2) is 4.98 Å². The first kappa shape index (κ1) is 12.8. The number of nitrogens with two attached hydrogens (primary N) is 1. The second-order valence-electron chi connectivity index (χ2n) is 4.98. The van der Waals surface area contributed by atoms with Crippen molar-refractivity contribution in [2.45, 2.75) is 39.8 Å². The number of aromatic nitrogens is 4. The van der Waals surface area contributed by atoms with E-state index in [-0.39, 0.29) is 6.04 Å². The molecule has 0 fully saturated rings. The van der Waals surface area contributed by atoms with Crippen LogP contribution in [-0.4, -0.2) is 19.3 Å². The maximum atomic E-state index is 6.23. The minimum atomic E-state index is 0.0116. The predicted octanol–water partition coefficient (Wildman–Crippen LogP) is 2.13. The normalized spacial score (nSPS) is 13.2. The first-order valence-electron chi connectivity index (χ1n) is 6.42. The zero-order valence-corrected chi connectivity index (χ0v) is 11.2. The molecule has 0 saturated carbocycles. The molecule has 0 radical (unpaired) electrons. The topological polar surface area (TPSA) is 61.7 Å². The molecule has 2 N–H and O–H groups in total. The van der Waals surface area contributed by atoms with Gasteiger partial charge in [-0.15, -0.1) is 0 Å². The summed E-state index contributed by atoms with van der Waals surface area (Å²) in [5, 5.41) is 4.28. The van der Waals surface area contributed by atoms with E-state index in [0.717, 1.165) is 24.3 Å². The summed E-state index contributed by atoms with van der Waals surface area (Å²) in [6, 6.07) is 0.0116. The number of hydrogen-bond donors (Lipinski definition) is 1. The van der Waals surface area contributed by atoms with Crippen LogP contribution in [0.1, 0.15) is 38.9 Å². The minimum absolute atomic E-state index is 0.0116. The Labute approximate surface area is 108 Å². The van der Waals surface area contributed by atoms with E-state index in [4.69, 9.17) is 5.73 Å². The monoisotopic (exact) mass is 247 g/mol. The number of imidazole rings is 1. The second-order valence-corrected chi connectivity index (χ2v) is 4.98. The third-order valence-electron chi connectivity index (χ3n) is 2.99. The zero-order valence-electron chi connectivity index (χ0n) is 11.2. The highest BCUT2D eigenvalue weighted by Gasteiger charge is 2.14. The van der Waals surface area contributed by atoms with Gasteiger partial charge < -0.3 is 5.73 Å². The zero-order chi connectivity index (χ0) is 13.1. The maximum Gasteiger partial charge on any atom is 0.0995 e. The Bertz CT molecular complexity index is 497. The largest absolute Gasteiger partial charge is 0.323 e. The highest BCUT2D eigenvalue weighted by molar-refractivity contribution is 5.29. The van der Waals surface area contributed by atoms with Crippen LogP contribution in [0.3, 0.4) is 0 Å². The molecule has 5 heteroatoms. The summed E-state index contributed by atoms with van der Waals surface area (Å²) < 4.78 is 3.92. The van der Waals surface area contributed by atoms with Gasteiger partial charge in [0.15, 0.2) is 0 Å². The summed E-state index contributed by atoms with van der Waals surface area (Å²) in [4.78, 5) is 4.21. The quantitative estimate of drug-likeness (QED) is 0.880. The summed E-state index contributed by atoms with van der Waals surface area (Å²) >= 11 is 0. The molecule has 1 unspecified atom stereocenters. The molecule has 2 heterocycles. The van der Waals surface area contributed by atoms with Crippen molar-refractivity contribution >= 4 is 0 Å². The highest BCUT2D eigenvalue weighted by atomic mass is 15.3. The third-order valence-corrected chi connectivity index (χ3v) is 2.99. The van der Waals surface area contributed by atoms with Gasteiger partial charge in [-0.2, -0.15) is 5.10 Å². The summed E-state index contributed by atoms with van der Waals surface area (Å²) in [6.07, 6.45) is 8.44. The van der Waals surface area contributed by atoms with Gasteiger partial charge in [-0.05, 0) is 19.3 Å². The van der Waals surface area contributed by atoms with Gasteiger partial charge in [0.2, 0.25) is 0 Å². The molecule has 1 atom stereocenters. The molecule has 0 saturated heterocycles. The van der Waals surface area contributed by atoms with Gasteiger partial charge >= 0.3 is 0 Å². The van der Waals surface area contributed by atoms with Crippen LogP contribution in [0.5, 0.6) is 0 Å². The molecule has 2 aromatic rings. The SMILES string of the molecule is CCn1cc(-n2cncc2C(N)CC(C)C)cn1. The van der Waals surface area contributed by atoms with Gasteiger partial charge in [-0.1, -0.05) is 13.8 Å². The molecule has 2 rings (SSSR count). The van der Waals surface area contributed by atoms with Crippen molar-refractivity contribution in [2.75, 3.05) is 0 Å². The van der Waals surface area contributed by atoms with Crippen LogP contribution in [0.4, 0.5) is 0 Å². The van der Waals surface area contributed by atoms with Gasteiger partial charge in [0.1, 0.15) is 0 Å². The Morgan fingerprint density at radius 3 is 2.72 bits per heavy atom. The lowest BCUT2D eigenvalue weighted by molar-refractivity contribution is 0.498. The lowest BCUT2D eigenvalue weighted by Gasteiger charge is -2.15. The van der Waals surface area contributed by atoms with Crippen molar-refractivity contribution in [1.29, 1.82) is 0 Å². The van der Waals surface area contributed by atoms with Gasteiger partial charge in [0, 0.05) is 18.8 Å². The van der Waals surface area contributed by atoms with Crippen LogP contribution in [0.15, 0.2) is 24.9 Å². The molecule has 0 spiro atoms. The standard InChI is InChI=1S/C13H21N5/c1-4-17-8-11(6-16-17)18-9-15-7-13(18)12(14)5-10(2)3/h6-10,12H,4-5,14H2,1-3H3. The van der Waals surface area contributed by atoms with Crippen LogP contribution in [0, 0.1) is 5.92 Å². The van der Waals surface area contributed by atoms with E-state index < -0.39 is 0 Å². The van der Waals surface area contributed by atoms with Crippen LogP contribution < -0.4 is 5.73 Å². The summed E-state index contributed by atoms with van der Waals surface area (Å²) in [6.45, 7) is 7.28. The van der Waals surface area contributed by atoms with E-state index in [1.807, 2.05) is 27.8 Å². The lowest BCUT2D eigenvalue weighted by Crippen LogP contribution is -2.16. The lowest BCUT2D eigenvalue weighted by atomic mass is 10.0. The molecule has 2 aromatic heterocycles. The van der Waals surface area contributed by atoms with E-state index in [1.165, 1.54) is 0 Å². The fraction of sp³-hybridized carbons (Fsp3) is 0.538. The number of rotatable bonds is 5. The Hall–Kier alpha value is -1.62. The van der Waals surface area contributed by atoms with Crippen molar-refractivity contribution < 1.29 is 0 Å². The van der Waals surface area contributed by atoms with E-state index in [2.05, 4.69) is 30.9 Å².